The van der Waals surface area contributed by atoms with Crippen molar-refractivity contribution < 1.29 is 19.4 Å². The number of carboxylic acid groups (broad SMARTS) is 1. The van der Waals surface area contributed by atoms with Crippen molar-refractivity contribution >= 4 is 12.2 Å². The standard InChI is InChI=1S/C9H19NO2.CH3NO2/c1-3-5-6-7-8-10-9(11)12-4-2;2-1(3)4/h3-8H2,1-2H3,(H,10,11);2H2,(H,3,4). The van der Waals surface area contributed by atoms with Crippen LogP contribution in [0.4, 0.5) is 9.59 Å². The number of hydrogen-bond acceptors (Lipinski definition) is 3. The van der Waals surface area contributed by atoms with Gasteiger partial charge in [0, 0.05) is 6.54 Å². The molecule has 4 N–H and O–H groups in total. The maximum Gasteiger partial charge on any atom is 0.407 e. The van der Waals surface area contributed by atoms with Gasteiger partial charge in [0.15, 0.2) is 0 Å². The maximum atomic E-state index is 10.7. The normalized spacial score (nSPS) is 8.62. The van der Waals surface area contributed by atoms with Crippen LogP contribution in [0.15, 0.2) is 0 Å². The zero-order valence-electron chi connectivity index (χ0n) is 9.99. The summed E-state index contributed by atoms with van der Waals surface area (Å²) in [7, 11) is 0. The van der Waals surface area contributed by atoms with Crippen molar-refractivity contribution in [2.24, 2.45) is 5.73 Å². The number of amides is 2. The van der Waals surface area contributed by atoms with E-state index in [9.17, 15) is 4.79 Å². The number of nitrogens with one attached hydrogen (secondary N) is 1. The van der Waals surface area contributed by atoms with Crippen molar-refractivity contribution in [1.29, 1.82) is 0 Å². The molecule has 0 aromatic heterocycles. The summed E-state index contributed by atoms with van der Waals surface area (Å²) in [6, 6.07) is 0. The molecule has 0 aromatic carbocycles. The van der Waals surface area contributed by atoms with E-state index in [-0.39, 0.29) is 6.09 Å². The summed E-state index contributed by atoms with van der Waals surface area (Å²) in [5, 5.41) is 9.88. The zero-order valence-corrected chi connectivity index (χ0v) is 9.99. The summed E-state index contributed by atoms with van der Waals surface area (Å²) in [4.78, 5) is 19.5. The van der Waals surface area contributed by atoms with E-state index in [0.29, 0.717) is 6.61 Å². The van der Waals surface area contributed by atoms with Gasteiger partial charge in [0.1, 0.15) is 0 Å². The van der Waals surface area contributed by atoms with Crippen molar-refractivity contribution in [3.63, 3.8) is 0 Å². The van der Waals surface area contributed by atoms with E-state index in [1.807, 2.05) is 0 Å². The second kappa shape index (κ2) is 13.5. The van der Waals surface area contributed by atoms with Crippen LogP contribution in [0.2, 0.25) is 0 Å². The summed E-state index contributed by atoms with van der Waals surface area (Å²) in [5.41, 5.74) is 4.03. The number of nitrogens with two attached hydrogens (primary N) is 1. The van der Waals surface area contributed by atoms with Gasteiger partial charge in [0.05, 0.1) is 6.61 Å². The van der Waals surface area contributed by atoms with Crippen molar-refractivity contribution in [2.45, 2.75) is 39.5 Å². The molecule has 0 aliphatic heterocycles. The van der Waals surface area contributed by atoms with E-state index in [1.165, 1.54) is 19.3 Å². The Labute approximate surface area is 96.2 Å². The number of unbranched alkanes of at least 4 members (excludes halogenated alkanes) is 3. The molecule has 6 heteroatoms. The number of carbonyl (C=O) groups is 2. The second-order valence-electron chi connectivity index (χ2n) is 3.05. The van der Waals surface area contributed by atoms with Gasteiger partial charge in [-0.3, -0.25) is 0 Å². The van der Waals surface area contributed by atoms with Crippen LogP contribution in [-0.4, -0.2) is 30.4 Å². The Morgan fingerprint density at radius 3 is 2.25 bits per heavy atom. The fourth-order valence-electron chi connectivity index (χ4n) is 0.924. The molecule has 0 saturated heterocycles. The summed E-state index contributed by atoms with van der Waals surface area (Å²) in [6.07, 6.45) is 3.06. The Bertz CT molecular complexity index is 182. The molecule has 0 aliphatic carbocycles. The summed E-state index contributed by atoms with van der Waals surface area (Å²) >= 11 is 0. The molecule has 0 radical (unpaired) electrons. The molecule has 2 amide bonds. The van der Waals surface area contributed by atoms with Gasteiger partial charge < -0.3 is 20.9 Å². The minimum atomic E-state index is -1.33. The number of primary amides is 1. The van der Waals surface area contributed by atoms with Crippen LogP contribution in [0.3, 0.4) is 0 Å². The Balaban J connectivity index is 0. The third-order valence-electron chi connectivity index (χ3n) is 1.58. The molecule has 0 saturated carbocycles. The third-order valence-corrected chi connectivity index (χ3v) is 1.58. The molecule has 96 valence electrons. The van der Waals surface area contributed by atoms with E-state index in [0.717, 1.165) is 13.0 Å². The van der Waals surface area contributed by atoms with Gasteiger partial charge in [-0.25, -0.2) is 9.59 Å². The molecule has 0 bridgehead atoms. The fourth-order valence-corrected chi connectivity index (χ4v) is 0.924. The number of rotatable bonds is 6. The zero-order chi connectivity index (χ0) is 12.8. The highest BCUT2D eigenvalue weighted by Gasteiger charge is 1.96. The fraction of sp³-hybridized carbons (Fsp3) is 0.800. The second-order valence-corrected chi connectivity index (χ2v) is 3.05. The van der Waals surface area contributed by atoms with Gasteiger partial charge >= 0.3 is 12.2 Å². The summed E-state index contributed by atoms with van der Waals surface area (Å²) < 4.78 is 4.70. The van der Waals surface area contributed by atoms with E-state index < -0.39 is 6.09 Å². The average molecular weight is 234 g/mol. The van der Waals surface area contributed by atoms with Crippen LogP contribution in [0.1, 0.15) is 39.5 Å². The SMILES string of the molecule is CCCCCCNC(=O)OCC.NC(=O)O. The van der Waals surface area contributed by atoms with E-state index in [2.05, 4.69) is 18.0 Å². The Morgan fingerprint density at radius 1 is 1.25 bits per heavy atom. The van der Waals surface area contributed by atoms with Gasteiger partial charge in [-0.2, -0.15) is 0 Å². The molecule has 6 nitrogen and oxygen atoms in total. The lowest BCUT2D eigenvalue weighted by molar-refractivity contribution is 0.152. The van der Waals surface area contributed by atoms with Crippen LogP contribution in [0, 0.1) is 0 Å². The van der Waals surface area contributed by atoms with E-state index in [4.69, 9.17) is 14.6 Å². The van der Waals surface area contributed by atoms with Crippen LogP contribution < -0.4 is 11.1 Å². The number of hydrogen-bond donors (Lipinski definition) is 3. The lowest BCUT2D eigenvalue weighted by Gasteiger charge is -2.03. The summed E-state index contributed by atoms with van der Waals surface area (Å²) in [5.74, 6) is 0. The molecular weight excluding hydrogens is 212 g/mol. The molecule has 0 fully saturated rings. The van der Waals surface area contributed by atoms with Crippen LogP contribution in [0.5, 0.6) is 0 Å². The Kier molecular flexibility index (Phi) is 14.3. The topological polar surface area (TPSA) is 102 Å². The molecule has 0 spiro atoms. The highest BCUT2D eigenvalue weighted by Crippen LogP contribution is 1.96. The number of ether oxygens (including phenoxy) is 1. The maximum absolute atomic E-state index is 10.7. The molecule has 0 unspecified atom stereocenters. The van der Waals surface area contributed by atoms with Crippen molar-refractivity contribution in [2.75, 3.05) is 13.2 Å². The first-order chi connectivity index (χ1) is 7.54. The van der Waals surface area contributed by atoms with E-state index in [1.54, 1.807) is 6.92 Å². The molecule has 0 aromatic rings. The lowest BCUT2D eigenvalue weighted by atomic mass is 10.2. The average Bonchev–Trinajstić information content (AvgIpc) is 2.17. The Morgan fingerprint density at radius 2 is 1.81 bits per heavy atom. The first-order valence-corrected chi connectivity index (χ1v) is 5.43. The first kappa shape index (κ1) is 17.0. The smallest absolute Gasteiger partial charge is 0.407 e. The molecule has 16 heavy (non-hydrogen) atoms. The molecule has 0 heterocycles. The molecular formula is C10H22N2O4. The van der Waals surface area contributed by atoms with Crippen molar-refractivity contribution in [3.8, 4) is 0 Å². The van der Waals surface area contributed by atoms with Gasteiger partial charge in [-0.1, -0.05) is 26.2 Å². The van der Waals surface area contributed by atoms with E-state index >= 15 is 0 Å². The summed E-state index contributed by atoms with van der Waals surface area (Å²) in [6.45, 7) is 5.15. The van der Waals surface area contributed by atoms with Crippen LogP contribution >= 0.6 is 0 Å². The van der Waals surface area contributed by atoms with Crippen LogP contribution in [-0.2, 0) is 4.74 Å². The highest BCUT2D eigenvalue weighted by molar-refractivity contribution is 5.66. The number of carbonyl (C=O) groups excluding carboxylic acids is 1. The molecule has 0 aliphatic rings. The molecule has 0 atom stereocenters. The molecule has 0 rings (SSSR count). The minimum absolute atomic E-state index is 0.297. The van der Waals surface area contributed by atoms with Crippen LogP contribution in [0.25, 0.3) is 0 Å². The van der Waals surface area contributed by atoms with Gasteiger partial charge in [0.25, 0.3) is 0 Å². The minimum Gasteiger partial charge on any atom is -0.465 e. The lowest BCUT2D eigenvalue weighted by Crippen LogP contribution is -2.25. The highest BCUT2D eigenvalue weighted by atomic mass is 16.5. The largest absolute Gasteiger partial charge is 0.465 e. The predicted molar refractivity (Wildman–Crippen MR) is 61.4 cm³/mol. The van der Waals surface area contributed by atoms with Crippen molar-refractivity contribution in [3.05, 3.63) is 0 Å². The monoisotopic (exact) mass is 234 g/mol. The quantitative estimate of drug-likeness (QED) is 0.611. The predicted octanol–water partition coefficient (Wildman–Crippen LogP) is 1.94. The number of alkyl carbamates (subject to hydrolysis) is 1. The van der Waals surface area contributed by atoms with Gasteiger partial charge in [-0.05, 0) is 13.3 Å². The first-order valence-electron chi connectivity index (χ1n) is 5.43. The van der Waals surface area contributed by atoms with Crippen molar-refractivity contribution in [1.82, 2.24) is 5.32 Å². The van der Waals surface area contributed by atoms with Gasteiger partial charge in [-0.15, -0.1) is 0 Å². The van der Waals surface area contributed by atoms with Gasteiger partial charge in [0.2, 0.25) is 0 Å². The Hall–Kier alpha value is -1.46. The third kappa shape index (κ3) is 22.9.